The van der Waals surface area contributed by atoms with E-state index in [2.05, 4.69) is 58.1 Å². The van der Waals surface area contributed by atoms with Crippen LogP contribution in [0.15, 0.2) is 22.9 Å². The number of rotatable bonds is 5. The normalized spacial score (nSPS) is 12.3. The molecule has 0 aliphatic carbocycles. The third-order valence-electron chi connectivity index (χ3n) is 3.12. The second-order valence-electron chi connectivity index (χ2n) is 6.13. The first kappa shape index (κ1) is 14.7. The van der Waals surface area contributed by atoms with Gasteiger partial charge in [-0.25, -0.2) is 4.98 Å². The SMILES string of the molecule is Cc1cnc2c(ccn2COCC[Si](C)(C)C)c1Br. The highest BCUT2D eigenvalue weighted by Gasteiger charge is 2.12. The van der Waals surface area contributed by atoms with E-state index in [0.29, 0.717) is 6.73 Å². The van der Waals surface area contributed by atoms with Gasteiger partial charge in [0.05, 0.1) is 0 Å². The summed E-state index contributed by atoms with van der Waals surface area (Å²) >= 11 is 3.61. The molecule has 0 aromatic carbocycles. The number of hydrogen-bond donors (Lipinski definition) is 0. The van der Waals surface area contributed by atoms with Gasteiger partial charge in [0, 0.05) is 36.9 Å². The van der Waals surface area contributed by atoms with E-state index in [-0.39, 0.29) is 0 Å². The zero-order chi connectivity index (χ0) is 14.0. The van der Waals surface area contributed by atoms with Crippen LogP contribution in [-0.4, -0.2) is 24.2 Å². The van der Waals surface area contributed by atoms with Crippen molar-refractivity contribution >= 4 is 35.0 Å². The van der Waals surface area contributed by atoms with Crippen LogP contribution < -0.4 is 0 Å². The summed E-state index contributed by atoms with van der Waals surface area (Å²) in [6.45, 7) is 10.6. The Bertz CT molecular complexity index is 575. The summed E-state index contributed by atoms with van der Waals surface area (Å²) in [5.74, 6) is 0. The molecule has 5 heteroatoms. The molecule has 3 nitrogen and oxygen atoms in total. The minimum absolute atomic E-state index is 0.580. The molecule has 0 aliphatic heterocycles. The minimum atomic E-state index is -1.01. The van der Waals surface area contributed by atoms with Gasteiger partial charge in [0.1, 0.15) is 12.4 Å². The third-order valence-corrected chi connectivity index (χ3v) is 5.88. The lowest BCUT2D eigenvalue weighted by atomic mass is 10.2. The molecule has 0 saturated carbocycles. The van der Waals surface area contributed by atoms with E-state index >= 15 is 0 Å². The Morgan fingerprint density at radius 2 is 2.11 bits per heavy atom. The standard InChI is InChI=1S/C14H21BrN2OSi/c1-11-9-16-14-12(13(11)15)5-6-17(14)10-18-7-8-19(2,3)4/h5-6,9H,7-8,10H2,1-4H3. The van der Waals surface area contributed by atoms with E-state index in [4.69, 9.17) is 4.74 Å². The van der Waals surface area contributed by atoms with Crippen molar-refractivity contribution in [1.82, 2.24) is 9.55 Å². The molecular formula is C14H21BrN2OSi. The van der Waals surface area contributed by atoms with Gasteiger partial charge in [0.25, 0.3) is 0 Å². The molecule has 0 spiro atoms. The zero-order valence-electron chi connectivity index (χ0n) is 12.0. The number of fused-ring (bicyclic) bond motifs is 1. The molecule has 0 amide bonds. The summed E-state index contributed by atoms with van der Waals surface area (Å²) in [5.41, 5.74) is 2.13. The second kappa shape index (κ2) is 5.77. The molecule has 0 unspecified atom stereocenters. The van der Waals surface area contributed by atoms with Gasteiger partial charge in [-0.2, -0.15) is 0 Å². The van der Waals surface area contributed by atoms with E-state index < -0.39 is 8.07 Å². The number of pyridine rings is 1. The Balaban J connectivity index is 2.04. The van der Waals surface area contributed by atoms with Gasteiger partial charge in [-0.15, -0.1) is 0 Å². The Morgan fingerprint density at radius 3 is 2.79 bits per heavy atom. The molecule has 0 bridgehead atoms. The lowest BCUT2D eigenvalue weighted by Gasteiger charge is -2.15. The highest BCUT2D eigenvalue weighted by atomic mass is 79.9. The highest BCUT2D eigenvalue weighted by Crippen LogP contribution is 2.26. The molecule has 0 aliphatic rings. The molecule has 104 valence electrons. The molecule has 0 atom stereocenters. The number of nitrogens with zero attached hydrogens (tertiary/aromatic N) is 2. The van der Waals surface area contributed by atoms with Crippen molar-refractivity contribution in [2.24, 2.45) is 0 Å². The number of halogens is 1. The molecule has 0 radical (unpaired) electrons. The maximum absolute atomic E-state index is 5.77. The Labute approximate surface area is 124 Å². The fourth-order valence-corrected chi connectivity index (χ4v) is 3.02. The van der Waals surface area contributed by atoms with E-state index in [1.807, 2.05) is 12.4 Å². The molecule has 0 saturated heterocycles. The van der Waals surface area contributed by atoms with Crippen LogP contribution in [0.1, 0.15) is 5.56 Å². The predicted molar refractivity (Wildman–Crippen MR) is 86.3 cm³/mol. The zero-order valence-corrected chi connectivity index (χ0v) is 14.6. The van der Waals surface area contributed by atoms with Crippen molar-refractivity contribution < 1.29 is 4.74 Å². The van der Waals surface area contributed by atoms with Crippen molar-refractivity contribution in [1.29, 1.82) is 0 Å². The molecule has 2 aromatic heterocycles. The van der Waals surface area contributed by atoms with Crippen LogP contribution >= 0.6 is 15.9 Å². The van der Waals surface area contributed by atoms with Gasteiger partial charge in [0.2, 0.25) is 0 Å². The summed E-state index contributed by atoms with van der Waals surface area (Å²) in [4.78, 5) is 4.49. The average molecular weight is 341 g/mol. The molecular weight excluding hydrogens is 320 g/mol. The van der Waals surface area contributed by atoms with Gasteiger partial charge < -0.3 is 9.30 Å². The first-order valence-electron chi connectivity index (χ1n) is 6.56. The molecule has 19 heavy (non-hydrogen) atoms. The minimum Gasteiger partial charge on any atom is -0.361 e. The quantitative estimate of drug-likeness (QED) is 0.595. The van der Waals surface area contributed by atoms with Gasteiger partial charge in [-0.3, -0.25) is 0 Å². The first-order valence-corrected chi connectivity index (χ1v) is 11.1. The summed E-state index contributed by atoms with van der Waals surface area (Å²) < 4.78 is 8.96. The largest absolute Gasteiger partial charge is 0.361 e. The van der Waals surface area contributed by atoms with Crippen LogP contribution in [0.4, 0.5) is 0 Å². The molecule has 0 fully saturated rings. The van der Waals surface area contributed by atoms with Crippen LogP contribution in [0.2, 0.25) is 25.7 Å². The molecule has 2 aromatic rings. The average Bonchev–Trinajstić information content (AvgIpc) is 2.72. The molecule has 0 N–H and O–H groups in total. The summed E-state index contributed by atoms with van der Waals surface area (Å²) in [5, 5.41) is 1.15. The van der Waals surface area contributed by atoms with Crippen LogP contribution in [0.5, 0.6) is 0 Å². The highest BCUT2D eigenvalue weighted by molar-refractivity contribution is 9.10. The molecule has 2 rings (SSSR count). The Kier molecular flexibility index (Phi) is 4.48. The number of aryl methyl sites for hydroxylation is 1. The fraction of sp³-hybridized carbons (Fsp3) is 0.500. The monoisotopic (exact) mass is 340 g/mol. The van der Waals surface area contributed by atoms with Crippen molar-refractivity contribution in [2.45, 2.75) is 39.3 Å². The number of aromatic nitrogens is 2. The second-order valence-corrected chi connectivity index (χ2v) is 12.5. The maximum Gasteiger partial charge on any atom is 0.142 e. The number of hydrogen-bond acceptors (Lipinski definition) is 2. The van der Waals surface area contributed by atoms with Gasteiger partial charge in [0.15, 0.2) is 0 Å². The summed E-state index contributed by atoms with van der Waals surface area (Å²) in [6.07, 6.45) is 3.93. The van der Waals surface area contributed by atoms with Crippen molar-refractivity contribution in [3.05, 3.63) is 28.5 Å². The Hall–Kier alpha value is -0.653. The third kappa shape index (κ3) is 3.67. The van der Waals surface area contributed by atoms with E-state index in [1.165, 1.54) is 6.04 Å². The van der Waals surface area contributed by atoms with Crippen LogP contribution in [0, 0.1) is 6.92 Å². The first-order chi connectivity index (χ1) is 8.88. The van der Waals surface area contributed by atoms with Gasteiger partial charge >= 0.3 is 0 Å². The lowest BCUT2D eigenvalue weighted by molar-refractivity contribution is 0.0899. The van der Waals surface area contributed by atoms with Crippen LogP contribution in [0.3, 0.4) is 0 Å². The van der Waals surface area contributed by atoms with Crippen molar-refractivity contribution in [3.63, 3.8) is 0 Å². The fourth-order valence-electron chi connectivity index (χ4n) is 1.85. The predicted octanol–water partition coefficient (Wildman–Crippen LogP) is 4.42. The van der Waals surface area contributed by atoms with E-state index in [1.54, 1.807) is 0 Å². The molecule has 2 heterocycles. The van der Waals surface area contributed by atoms with Gasteiger partial charge in [-0.1, -0.05) is 19.6 Å². The Morgan fingerprint density at radius 1 is 1.37 bits per heavy atom. The van der Waals surface area contributed by atoms with E-state index in [9.17, 15) is 0 Å². The topological polar surface area (TPSA) is 27.1 Å². The van der Waals surface area contributed by atoms with Crippen LogP contribution in [-0.2, 0) is 11.5 Å². The lowest BCUT2D eigenvalue weighted by Crippen LogP contribution is -2.22. The smallest absolute Gasteiger partial charge is 0.142 e. The maximum atomic E-state index is 5.77. The number of ether oxygens (including phenoxy) is 1. The van der Waals surface area contributed by atoms with Crippen LogP contribution in [0.25, 0.3) is 11.0 Å². The van der Waals surface area contributed by atoms with Crippen molar-refractivity contribution in [3.8, 4) is 0 Å². The summed E-state index contributed by atoms with van der Waals surface area (Å²) in [7, 11) is -1.01. The van der Waals surface area contributed by atoms with E-state index in [0.717, 1.165) is 27.7 Å². The van der Waals surface area contributed by atoms with Gasteiger partial charge in [-0.05, 0) is 40.5 Å². The summed E-state index contributed by atoms with van der Waals surface area (Å²) in [6, 6.07) is 3.28. The van der Waals surface area contributed by atoms with Crippen molar-refractivity contribution in [2.75, 3.05) is 6.61 Å².